The lowest BCUT2D eigenvalue weighted by molar-refractivity contribution is -0.423. The van der Waals surface area contributed by atoms with Crippen LogP contribution in [0, 0.1) is 5.41 Å². The summed E-state index contributed by atoms with van der Waals surface area (Å²) >= 11 is 0. The quantitative estimate of drug-likeness (QED) is 0.286. The Bertz CT molecular complexity index is 921. The van der Waals surface area contributed by atoms with Crippen LogP contribution in [0.5, 0.6) is 5.75 Å². The fourth-order valence-corrected chi connectivity index (χ4v) is 2.94. The fraction of sp³-hybridized carbons (Fsp3) is 0.667. The lowest BCUT2D eigenvalue weighted by Gasteiger charge is -2.29. The Labute approximate surface area is 221 Å². The number of ether oxygens (including phenoxy) is 3. The summed E-state index contributed by atoms with van der Waals surface area (Å²) < 4.78 is 104. The van der Waals surface area contributed by atoms with Crippen LogP contribution in [-0.4, -0.2) is 85.8 Å². The zero-order valence-electron chi connectivity index (χ0n) is 21.9. The minimum Gasteiger partial charge on any atom is -0.492 e. The number of carboxylic acid groups (broad SMARTS) is 1. The van der Waals surface area contributed by atoms with Gasteiger partial charge in [-0.2, -0.15) is 30.7 Å². The molecule has 0 aliphatic heterocycles. The van der Waals surface area contributed by atoms with Crippen molar-refractivity contribution in [1.29, 1.82) is 0 Å². The Morgan fingerprint density at radius 3 is 2.03 bits per heavy atom. The third-order valence-electron chi connectivity index (χ3n) is 5.04. The second-order valence-corrected chi connectivity index (χ2v) is 9.62. The van der Waals surface area contributed by atoms with Crippen LogP contribution >= 0.6 is 0 Å². The number of amides is 2. The van der Waals surface area contributed by atoms with Crippen LogP contribution in [-0.2, 0) is 20.7 Å². The summed E-state index contributed by atoms with van der Waals surface area (Å²) in [6.45, 7) is 4.88. The fourth-order valence-electron chi connectivity index (χ4n) is 2.94. The molecule has 0 spiro atoms. The summed E-state index contributed by atoms with van der Waals surface area (Å²) in [5.41, 5.74) is 0.264. The maximum absolute atomic E-state index is 13.4. The van der Waals surface area contributed by atoms with E-state index in [1.807, 2.05) is 0 Å². The van der Waals surface area contributed by atoms with E-state index in [-0.39, 0.29) is 38.1 Å². The van der Waals surface area contributed by atoms with Crippen molar-refractivity contribution in [3.63, 3.8) is 0 Å². The monoisotopic (exact) mass is 578 g/mol. The molecule has 1 aromatic rings. The van der Waals surface area contributed by atoms with Gasteiger partial charge in [0.2, 0.25) is 0 Å². The van der Waals surface area contributed by atoms with E-state index in [4.69, 9.17) is 9.47 Å². The molecule has 1 unspecified atom stereocenters. The third kappa shape index (κ3) is 11.1. The number of halogens is 7. The van der Waals surface area contributed by atoms with Crippen LogP contribution in [0.25, 0.3) is 0 Å². The van der Waals surface area contributed by atoms with Gasteiger partial charge in [-0.25, -0.2) is 9.59 Å². The summed E-state index contributed by atoms with van der Waals surface area (Å²) in [5.74, 6) is -7.24. The van der Waals surface area contributed by atoms with Crippen molar-refractivity contribution in [1.82, 2.24) is 10.2 Å². The molecule has 224 valence electrons. The number of carbonyl (C=O) groups is 2. The van der Waals surface area contributed by atoms with Crippen molar-refractivity contribution in [3.05, 3.63) is 29.8 Å². The first kappa shape index (κ1) is 34.2. The van der Waals surface area contributed by atoms with E-state index >= 15 is 0 Å². The molecule has 15 heteroatoms. The van der Waals surface area contributed by atoms with Crippen LogP contribution in [0.15, 0.2) is 24.3 Å². The van der Waals surface area contributed by atoms with Gasteiger partial charge < -0.3 is 29.5 Å². The summed E-state index contributed by atoms with van der Waals surface area (Å²) in [5, 5.41) is 11.7. The van der Waals surface area contributed by atoms with Gasteiger partial charge in [-0.3, -0.25) is 0 Å². The number of benzene rings is 1. The molecule has 0 aromatic heterocycles. The molecular formula is C24H33F7N2O6. The molecule has 0 aliphatic rings. The van der Waals surface area contributed by atoms with Crippen LogP contribution < -0.4 is 10.1 Å². The van der Waals surface area contributed by atoms with E-state index in [0.29, 0.717) is 11.3 Å². The molecule has 0 saturated carbocycles. The van der Waals surface area contributed by atoms with E-state index in [1.165, 1.54) is 12.1 Å². The molecule has 0 heterocycles. The van der Waals surface area contributed by atoms with E-state index in [0.717, 1.165) is 4.90 Å². The second kappa shape index (κ2) is 14.0. The topological polar surface area (TPSA) is 97.3 Å². The Hall–Kier alpha value is -2.81. The Morgan fingerprint density at radius 2 is 1.54 bits per heavy atom. The van der Waals surface area contributed by atoms with Crippen LogP contribution in [0.4, 0.5) is 35.5 Å². The maximum atomic E-state index is 13.4. The lowest BCUT2D eigenvalue weighted by atomic mass is 9.97. The first-order valence-electron chi connectivity index (χ1n) is 11.9. The molecule has 0 fully saturated rings. The van der Waals surface area contributed by atoms with E-state index in [2.05, 4.69) is 10.1 Å². The number of rotatable bonds is 15. The molecule has 0 radical (unpaired) electrons. The molecule has 8 nitrogen and oxygen atoms in total. The number of carbonyl (C=O) groups excluding carboxylic acids is 1. The average Bonchev–Trinajstić information content (AvgIpc) is 2.80. The SMILES string of the molecule is CCOC(Cc1ccc(OCCN(CCOC(F)(F)C(F)(F)C(F)(F)F)C(=O)NCC(C)(C)C)cc1)C(=O)O. The number of carboxylic acids is 1. The third-order valence-corrected chi connectivity index (χ3v) is 5.04. The van der Waals surface area contributed by atoms with Gasteiger partial charge >= 0.3 is 30.2 Å². The Morgan fingerprint density at radius 1 is 0.974 bits per heavy atom. The highest BCUT2D eigenvalue weighted by Crippen LogP contribution is 2.46. The Kier molecular flexibility index (Phi) is 12.3. The summed E-state index contributed by atoms with van der Waals surface area (Å²) in [6.07, 6.45) is -13.3. The van der Waals surface area contributed by atoms with Crippen LogP contribution in [0.1, 0.15) is 33.3 Å². The molecule has 0 saturated heterocycles. The molecular weight excluding hydrogens is 545 g/mol. The standard InChI is InChI=1S/C24H33F7N2O6/c1-5-37-18(19(34)35)14-16-6-8-17(9-7-16)38-12-10-33(20(36)32-15-21(2,3)4)11-13-39-24(30,31)22(25,26)23(27,28)29/h6-9,18H,5,10-15H2,1-4H3,(H,32,36)(H,34,35). The number of hydrogen-bond donors (Lipinski definition) is 2. The van der Waals surface area contributed by atoms with Crippen LogP contribution in [0.3, 0.4) is 0 Å². The number of nitrogens with one attached hydrogen (secondary N) is 1. The van der Waals surface area contributed by atoms with Gasteiger partial charge in [0, 0.05) is 26.1 Å². The number of aliphatic carboxylic acids is 1. The van der Waals surface area contributed by atoms with Gasteiger partial charge in [0.1, 0.15) is 12.4 Å². The first-order chi connectivity index (χ1) is 17.8. The number of urea groups is 1. The number of nitrogens with zero attached hydrogens (tertiary/aromatic N) is 1. The molecule has 39 heavy (non-hydrogen) atoms. The zero-order valence-corrected chi connectivity index (χ0v) is 21.9. The number of hydrogen-bond acceptors (Lipinski definition) is 5. The van der Waals surface area contributed by atoms with Gasteiger partial charge in [0.15, 0.2) is 6.10 Å². The molecule has 1 atom stereocenters. The minimum absolute atomic E-state index is 0.100. The lowest BCUT2D eigenvalue weighted by Crippen LogP contribution is -2.54. The summed E-state index contributed by atoms with van der Waals surface area (Å²) in [4.78, 5) is 24.6. The first-order valence-corrected chi connectivity index (χ1v) is 11.9. The molecule has 2 N–H and O–H groups in total. The van der Waals surface area contributed by atoms with Crippen molar-refractivity contribution in [2.24, 2.45) is 5.41 Å². The van der Waals surface area contributed by atoms with Gasteiger partial charge in [-0.1, -0.05) is 32.9 Å². The van der Waals surface area contributed by atoms with Crippen molar-refractivity contribution in [2.45, 2.75) is 58.4 Å². The molecule has 1 aromatic carbocycles. The predicted molar refractivity (Wildman–Crippen MR) is 125 cm³/mol. The smallest absolute Gasteiger partial charge is 0.462 e. The minimum atomic E-state index is -6.54. The van der Waals surface area contributed by atoms with Crippen molar-refractivity contribution < 1.29 is 59.6 Å². The second-order valence-electron chi connectivity index (χ2n) is 9.62. The number of alkyl halides is 7. The summed E-state index contributed by atoms with van der Waals surface area (Å²) in [6, 6.07) is 5.43. The van der Waals surface area contributed by atoms with Crippen molar-refractivity contribution >= 4 is 12.0 Å². The maximum Gasteiger partial charge on any atom is 0.462 e. The largest absolute Gasteiger partial charge is 0.492 e. The van der Waals surface area contributed by atoms with Gasteiger partial charge in [0.05, 0.1) is 13.2 Å². The van der Waals surface area contributed by atoms with E-state index in [1.54, 1.807) is 39.8 Å². The molecule has 0 bridgehead atoms. The molecule has 2 amide bonds. The summed E-state index contributed by atoms with van der Waals surface area (Å²) in [7, 11) is 0. The molecule has 1 rings (SSSR count). The highest BCUT2D eigenvalue weighted by Gasteiger charge is 2.74. The Balaban J connectivity index is 2.79. The molecule has 0 aliphatic carbocycles. The average molecular weight is 579 g/mol. The highest BCUT2D eigenvalue weighted by molar-refractivity contribution is 5.74. The van der Waals surface area contributed by atoms with E-state index < -0.39 is 49.5 Å². The van der Waals surface area contributed by atoms with Gasteiger partial charge in [0.25, 0.3) is 0 Å². The van der Waals surface area contributed by atoms with Gasteiger partial charge in [-0.15, -0.1) is 0 Å². The normalized spacial score (nSPS) is 13.6. The van der Waals surface area contributed by atoms with Crippen LogP contribution in [0.2, 0.25) is 0 Å². The van der Waals surface area contributed by atoms with Crippen molar-refractivity contribution in [3.8, 4) is 5.75 Å². The zero-order chi connectivity index (χ0) is 30.1. The predicted octanol–water partition coefficient (Wildman–Crippen LogP) is 4.96. The van der Waals surface area contributed by atoms with Gasteiger partial charge in [-0.05, 0) is 30.0 Å². The van der Waals surface area contributed by atoms with Crippen molar-refractivity contribution in [2.75, 3.05) is 39.5 Å². The van der Waals surface area contributed by atoms with E-state index in [9.17, 15) is 45.4 Å². The highest BCUT2D eigenvalue weighted by atomic mass is 19.4.